The van der Waals surface area contributed by atoms with Crippen LogP contribution in [0.1, 0.15) is 57.8 Å². The molecular formula is C31H47N5O6S. The van der Waals surface area contributed by atoms with Crippen molar-refractivity contribution in [2.45, 2.75) is 65.6 Å². The minimum Gasteiger partial charge on any atom is -0.378 e. The van der Waals surface area contributed by atoms with Crippen molar-refractivity contribution >= 4 is 29.1 Å². The molecule has 0 aliphatic carbocycles. The molecule has 3 amide bonds. The first kappa shape index (κ1) is 34.6. The van der Waals surface area contributed by atoms with Gasteiger partial charge in [0.25, 0.3) is 0 Å². The van der Waals surface area contributed by atoms with Crippen molar-refractivity contribution in [1.82, 2.24) is 20.5 Å². The van der Waals surface area contributed by atoms with Crippen molar-refractivity contribution < 1.29 is 28.6 Å². The molecule has 1 fully saturated rings. The normalized spacial score (nSPS) is 16.6. The molecule has 3 rings (SSSR count). The highest BCUT2D eigenvalue weighted by atomic mass is 32.1. The average Bonchev–Trinajstić information content (AvgIpc) is 3.63. The Labute approximate surface area is 258 Å². The van der Waals surface area contributed by atoms with Gasteiger partial charge in [0.1, 0.15) is 18.7 Å². The lowest BCUT2D eigenvalue weighted by Crippen LogP contribution is -2.58. The van der Waals surface area contributed by atoms with Crippen LogP contribution in [-0.4, -0.2) is 92.4 Å². The number of nitrogens with two attached hydrogens (primary N) is 1. The van der Waals surface area contributed by atoms with Crippen molar-refractivity contribution in [1.29, 1.82) is 0 Å². The second-order valence-corrected chi connectivity index (χ2v) is 12.6. The first-order valence-electron chi connectivity index (χ1n) is 14.9. The number of rotatable bonds is 16. The van der Waals surface area contributed by atoms with Crippen molar-refractivity contribution in [3.8, 4) is 10.4 Å². The molecule has 3 atom stereocenters. The number of benzene rings is 1. The summed E-state index contributed by atoms with van der Waals surface area (Å²) in [6, 6.07) is 6.45. The van der Waals surface area contributed by atoms with Gasteiger partial charge in [0, 0.05) is 13.1 Å². The molecule has 11 nitrogen and oxygen atoms in total. The first-order valence-corrected chi connectivity index (χ1v) is 15.7. The number of aromatic nitrogens is 1. The van der Waals surface area contributed by atoms with Gasteiger partial charge < -0.3 is 35.5 Å². The van der Waals surface area contributed by atoms with E-state index in [1.165, 1.54) is 0 Å². The summed E-state index contributed by atoms with van der Waals surface area (Å²) in [5, 5.41) is 5.93. The summed E-state index contributed by atoms with van der Waals surface area (Å²) < 4.78 is 16.1. The molecule has 0 saturated carbocycles. The Hall–Kier alpha value is -2.90. The lowest BCUT2D eigenvalue weighted by atomic mass is 9.85. The maximum atomic E-state index is 13.7. The van der Waals surface area contributed by atoms with E-state index >= 15 is 0 Å². The highest BCUT2D eigenvalue weighted by molar-refractivity contribution is 7.13. The number of thiazole rings is 1. The lowest BCUT2D eigenvalue weighted by molar-refractivity contribution is -0.144. The standard InChI is InChI=1S/C31H47N5O6S/c1-21(23-8-10-24(11-9-23)27-22(2)33-20-43-27)34-29(38)25-7-6-13-36(25)30(39)28(31(3,4)5)35-26(37)19-42-18-17-41-16-15-40-14-12-32/h8-11,20-21,25,28H,6-7,12-19,32H2,1-5H3,(H,34,38)(H,35,37)/t21-,25-,28+/m0/s1. The Morgan fingerprint density at radius 1 is 1.05 bits per heavy atom. The molecule has 1 aromatic heterocycles. The fourth-order valence-corrected chi connectivity index (χ4v) is 5.71. The zero-order chi connectivity index (χ0) is 31.4. The van der Waals surface area contributed by atoms with E-state index in [0.717, 1.165) is 21.7 Å². The summed E-state index contributed by atoms with van der Waals surface area (Å²) in [5.74, 6) is -0.863. The fourth-order valence-electron chi connectivity index (χ4n) is 4.90. The number of ether oxygens (including phenoxy) is 3. The predicted molar refractivity (Wildman–Crippen MR) is 166 cm³/mol. The zero-order valence-electron chi connectivity index (χ0n) is 26.0. The minimum atomic E-state index is -0.812. The Kier molecular flexibility index (Phi) is 13.5. The van der Waals surface area contributed by atoms with E-state index in [1.807, 2.05) is 64.4 Å². The van der Waals surface area contributed by atoms with Crippen LogP contribution in [0.25, 0.3) is 10.4 Å². The van der Waals surface area contributed by atoms with Gasteiger partial charge in [-0.3, -0.25) is 14.4 Å². The molecule has 1 aliphatic heterocycles. The number of carbonyl (C=O) groups is 3. The number of hydrogen-bond donors (Lipinski definition) is 3. The van der Waals surface area contributed by atoms with Crippen LogP contribution in [-0.2, 0) is 28.6 Å². The summed E-state index contributed by atoms with van der Waals surface area (Å²) in [6.07, 6.45) is 1.28. The van der Waals surface area contributed by atoms with Gasteiger partial charge in [-0.05, 0) is 43.2 Å². The van der Waals surface area contributed by atoms with Gasteiger partial charge in [0.05, 0.1) is 55.2 Å². The van der Waals surface area contributed by atoms with Gasteiger partial charge in [-0.2, -0.15) is 0 Å². The topological polar surface area (TPSA) is 145 Å². The number of likely N-dealkylation sites (tertiary alicyclic amines) is 1. The summed E-state index contributed by atoms with van der Waals surface area (Å²) in [7, 11) is 0. The van der Waals surface area contributed by atoms with Crippen molar-refractivity contribution in [2.75, 3.05) is 52.7 Å². The van der Waals surface area contributed by atoms with Crippen molar-refractivity contribution in [3.05, 3.63) is 41.0 Å². The Balaban J connectivity index is 1.52. The van der Waals surface area contributed by atoms with Crippen molar-refractivity contribution in [2.24, 2.45) is 11.1 Å². The van der Waals surface area contributed by atoms with Crippen LogP contribution in [0.2, 0.25) is 0 Å². The van der Waals surface area contributed by atoms with Gasteiger partial charge in [-0.1, -0.05) is 45.0 Å². The van der Waals surface area contributed by atoms with Gasteiger partial charge in [0.2, 0.25) is 17.7 Å². The van der Waals surface area contributed by atoms with Crippen LogP contribution < -0.4 is 16.4 Å². The average molecular weight is 618 g/mol. The van der Waals surface area contributed by atoms with E-state index in [1.54, 1.807) is 16.2 Å². The van der Waals surface area contributed by atoms with E-state index in [-0.39, 0.29) is 31.1 Å². The van der Waals surface area contributed by atoms with Crippen molar-refractivity contribution in [3.63, 3.8) is 0 Å². The largest absolute Gasteiger partial charge is 0.378 e. The van der Waals surface area contributed by atoms with E-state index in [9.17, 15) is 14.4 Å². The molecule has 1 saturated heterocycles. The molecule has 2 heterocycles. The highest BCUT2D eigenvalue weighted by Gasteiger charge is 2.42. The Bertz CT molecular complexity index is 1180. The molecule has 0 unspecified atom stereocenters. The van der Waals surface area contributed by atoms with Crippen LogP contribution in [0, 0.1) is 12.3 Å². The maximum Gasteiger partial charge on any atom is 0.246 e. The number of carbonyl (C=O) groups excluding carboxylic acids is 3. The Morgan fingerprint density at radius 3 is 2.30 bits per heavy atom. The summed E-state index contributed by atoms with van der Waals surface area (Å²) >= 11 is 1.60. The monoisotopic (exact) mass is 617 g/mol. The molecular weight excluding hydrogens is 570 g/mol. The fraction of sp³-hybridized carbons (Fsp3) is 0.613. The zero-order valence-corrected chi connectivity index (χ0v) is 26.8. The quantitative estimate of drug-likeness (QED) is 0.244. The van der Waals surface area contributed by atoms with Crippen LogP contribution in [0.3, 0.4) is 0 Å². The third kappa shape index (κ3) is 10.4. The van der Waals surface area contributed by atoms with Gasteiger partial charge in [0.15, 0.2) is 0 Å². The second-order valence-electron chi connectivity index (χ2n) is 11.7. The second kappa shape index (κ2) is 16.8. The Morgan fingerprint density at radius 2 is 1.70 bits per heavy atom. The summed E-state index contributed by atoms with van der Waals surface area (Å²) in [6.45, 7) is 12.2. The number of nitrogens with zero attached hydrogens (tertiary/aromatic N) is 2. The van der Waals surface area contributed by atoms with Gasteiger partial charge >= 0.3 is 0 Å². The third-order valence-corrected chi connectivity index (χ3v) is 8.25. The SMILES string of the molecule is Cc1ncsc1-c1ccc([C@H](C)NC(=O)[C@@H]2CCCN2C(=O)[C@@H](NC(=O)COCCOCCOCCN)C(C)(C)C)cc1. The number of hydrogen-bond acceptors (Lipinski definition) is 9. The predicted octanol–water partition coefficient (Wildman–Crippen LogP) is 2.83. The smallest absolute Gasteiger partial charge is 0.246 e. The summed E-state index contributed by atoms with van der Waals surface area (Å²) in [5.41, 5.74) is 9.68. The van der Waals surface area contributed by atoms with Gasteiger partial charge in [-0.25, -0.2) is 4.98 Å². The lowest BCUT2D eigenvalue weighted by Gasteiger charge is -2.35. The first-order chi connectivity index (χ1) is 20.5. The maximum absolute atomic E-state index is 13.7. The van der Waals surface area contributed by atoms with E-state index in [0.29, 0.717) is 52.4 Å². The molecule has 1 aliphatic rings. The minimum absolute atomic E-state index is 0.198. The van der Waals surface area contributed by atoms with Crippen LogP contribution in [0.4, 0.5) is 0 Å². The number of aryl methyl sites for hydroxylation is 1. The summed E-state index contributed by atoms with van der Waals surface area (Å²) in [4.78, 5) is 46.9. The number of nitrogens with one attached hydrogen (secondary N) is 2. The van der Waals surface area contributed by atoms with E-state index < -0.39 is 23.4 Å². The molecule has 43 heavy (non-hydrogen) atoms. The van der Waals surface area contributed by atoms with E-state index in [4.69, 9.17) is 19.9 Å². The number of amides is 3. The van der Waals surface area contributed by atoms with E-state index in [2.05, 4.69) is 15.6 Å². The highest BCUT2D eigenvalue weighted by Crippen LogP contribution is 2.29. The van der Waals surface area contributed by atoms with Gasteiger partial charge in [-0.15, -0.1) is 11.3 Å². The molecule has 2 aromatic rings. The van der Waals surface area contributed by atoms with Crippen LogP contribution in [0.5, 0.6) is 0 Å². The third-order valence-electron chi connectivity index (χ3n) is 7.27. The molecule has 0 bridgehead atoms. The molecule has 12 heteroatoms. The molecule has 0 spiro atoms. The molecule has 1 aromatic carbocycles. The molecule has 238 valence electrons. The molecule has 4 N–H and O–H groups in total. The van der Waals surface area contributed by atoms with Crippen LogP contribution in [0.15, 0.2) is 29.8 Å². The molecule has 0 radical (unpaired) electrons. The van der Waals surface area contributed by atoms with Crippen LogP contribution >= 0.6 is 11.3 Å².